The molecule has 0 aliphatic heterocycles. The molecule has 0 fully saturated rings. The summed E-state index contributed by atoms with van der Waals surface area (Å²) in [7, 11) is 0. The number of carbonyl (C=O) groups is 1. The van der Waals surface area contributed by atoms with Gasteiger partial charge in [-0.3, -0.25) is 4.79 Å². The first-order valence-corrected chi connectivity index (χ1v) is 8.66. The van der Waals surface area contributed by atoms with E-state index in [-0.39, 0.29) is 5.78 Å². The highest BCUT2D eigenvalue weighted by molar-refractivity contribution is 9.08. The number of hydrogen-bond donors (Lipinski definition) is 0. The van der Waals surface area contributed by atoms with Crippen molar-refractivity contribution in [1.82, 2.24) is 0 Å². The molecule has 0 radical (unpaired) electrons. The predicted octanol–water partition coefficient (Wildman–Crippen LogP) is 6.01. The van der Waals surface area contributed by atoms with Gasteiger partial charge in [0, 0.05) is 17.3 Å². The molecule has 0 amide bonds. The van der Waals surface area contributed by atoms with E-state index in [9.17, 15) is 4.79 Å². The number of unbranched alkanes of at least 4 members (excludes halogenated alkanes) is 2. The maximum atomic E-state index is 12.5. The molecule has 0 N–H and O–H groups in total. The fourth-order valence-electron chi connectivity index (χ4n) is 2.53. The Balaban J connectivity index is 2.34. The normalized spacial score (nSPS) is 10.6. The molecule has 2 aromatic carbocycles. The van der Waals surface area contributed by atoms with E-state index in [1.54, 1.807) is 0 Å². The maximum Gasteiger partial charge on any atom is 0.163 e. The zero-order chi connectivity index (χ0) is 15.1. The number of alkyl halides is 1. The van der Waals surface area contributed by atoms with Gasteiger partial charge >= 0.3 is 0 Å². The van der Waals surface area contributed by atoms with Crippen LogP contribution in [-0.4, -0.2) is 5.78 Å². The number of halogens is 1. The summed E-state index contributed by atoms with van der Waals surface area (Å²) in [4.78, 5) is 12.5. The molecule has 0 aliphatic carbocycles. The van der Waals surface area contributed by atoms with Gasteiger partial charge in [0.05, 0.1) is 0 Å². The third-order valence-electron chi connectivity index (χ3n) is 3.69. The number of hydrogen-bond acceptors (Lipinski definition) is 1. The summed E-state index contributed by atoms with van der Waals surface area (Å²) in [5.41, 5.74) is 4.26. The van der Waals surface area contributed by atoms with E-state index in [1.165, 1.54) is 5.56 Å². The standard InChI is InChI=1S/C19H21BrO/c1-2-3-4-13-19(21)18-12-8-7-11-17(18)16-10-6-5-9-15(16)14-20/h5-12H,2-4,13-14H2,1H3. The molecule has 21 heavy (non-hydrogen) atoms. The Morgan fingerprint density at radius 1 is 0.952 bits per heavy atom. The Hall–Kier alpha value is -1.41. The van der Waals surface area contributed by atoms with Gasteiger partial charge in [0.2, 0.25) is 0 Å². The molecule has 2 rings (SSSR count). The lowest BCUT2D eigenvalue weighted by molar-refractivity contribution is 0.0980. The molecule has 1 nitrogen and oxygen atoms in total. The number of benzene rings is 2. The first-order valence-electron chi connectivity index (χ1n) is 7.54. The van der Waals surface area contributed by atoms with Crippen LogP contribution < -0.4 is 0 Å². The Labute approximate surface area is 135 Å². The Morgan fingerprint density at radius 2 is 1.62 bits per heavy atom. The van der Waals surface area contributed by atoms with Crippen molar-refractivity contribution in [3.05, 3.63) is 59.7 Å². The molecule has 0 aromatic heterocycles. The summed E-state index contributed by atoms with van der Waals surface area (Å²) in [5, 5.41) is 0.793. The SMILES string of the molecule is CCCCCC(=O)c1ccccc1-c1ccccc1CBr. The topological polar surface area (TPSA) is 17.1 Å². The smallest absolute Gasteiger partial charge is 0.163 e. The van der Waals surface area contributed by atoms with E-state index in [0.717, 1.165) is 41.3 Å². The second-order valence-electron chi connectivity index (χ2n) is 5.22. The molecule has 0 heterocycles. The predicted molar refractivity (Wildman–Crippen MR) is 93.0 cm³/mol. The van der Waals surface area contributed by atoms with E-state index in [0.29, 0.717) is 6.42 Å². The first-order chi connectivity index (χ1) is 10.3. The average molecular weight is 345 g/mol. The van der Waals surface area contributed by atoms with Gasteiger partial charge in [0.1, 0.15) is 0 Å². The maximum absolute atomic E-state index is 12.5. The Morgan fingerprint density at radius 3 is 2.33 bits per heavy atom. The van der Waals surface area contributed by atoms with Crippen LogP contribution in [0.2, 0.25) is 0 Å². The van der Waals surface area contributed by atoms with Crippen LogP contribution in [0.25, 0.3) is 11.1 Å². The molecule has 0 spiro atoms. The van der Waals surface area contributed by atoms with Crippen molar-refractivity contribution >= 4 is 21.7 Å². The van der Waals surface area contributed by atoms with E-state index < -0.39 is 0 Å². The van der Waals surface area contributed by atoms with Gasteiger partial charge in [-0.1, -0.05) is 84.2 Å². The third kappa shape index (κ3) is 4.04. The largest absolute Gasteiger partial charge is 0.294 e. The van der Waals surface area contributed by atoms with Crippen molar-refractivity contribution < 1.29 is 4.79 Å². The molecular formula is C19H21BrO. The molecule has 0 saturated heterocycles. The van der Waals surface area contributed by atoms with Crippen LogP contribution in [0, 0.1) is 0 Å². The van der Waals surface area contributed by atoms with Gasteiger partial charge < -0.3 is 0 Å². The quantitative estimate of drug-likeness (QED) is 0.341. The van der Waals surface area contributed by atoms with Crippen LogP contribution in [0.5, 0.6) is 0 Å². The van der Waals surface area contributed by atoms with Crippen LogP contribution in [0.4, 0.5) is 0 Å². The fraction of sp³-hybridized carbons (Fsp3) is 0.316. The van der Waals surface area contributed by atoms with Gasteiger partial charge in [-0.25, -0.2) is 0 Å². The zero-order valence-electron chi connectivity index (χ0n) is 12.4. The van der Waals surface area contributed by atoms with Crippen molar-refractivity contribution in [3.63, 3.8) is 0 Å². The minimum atomic E-state index is 0.253. The lowest BCUT2D eigenvalue weighted by Crippen LogP contribution is -2.02. The summed E-state index contributed by atoms with van der Waals surface area (Å²) < 4.78 is 0. The minimum absolute atomic E-state index is 0.253. The molecule has 110 valence electrons. The molecule has 0 bridgehead atoms. The number of rotatable bonds is 7. The first kappa shape index (κ1) is 16.0. The zero-order valence-corrected chi connectivity index (χ0v) is 14.0. The average Bonchev–Trinajstić information content (AvgIpc) is 2.55. The second-order valence-corrected chi connectivity index (χ2v) is 5.78. The van der Waals surface area contributed by atoms with Gasteiger partial charge in [0.15, 0.2) is 5.78 Å². The van der Waals surface area contributed by atoms with Gasteiger partial charge in [0.25, 0.3) is 0 Å². The fourth-order valence-corrected chi connectivity index (χ4v) is 3.02. The molecule has 0 aliphatic rings. The summed E-state index contributed by atoms with van der Waals surface area (Å²) in [6, 6.07) is 16.2. The highest BCUT2D eigenvalue weighted by Gasteiger charge is 2.13. The lowest BCUT2D eigenvalue weighted by Gasteiger charge is -2.12. The third-order valence-corrected chi connectivity index (χ3v) is 4.29. The van der Waals surface area contributed by atoms with Gasteiger partial charge in [-0.05, 0) is 23.1 Å². The van der Waals surface area contributed by atoms with Gasteiger partial charge in [-0.15, -0.1) is 0 Å². The van der Waals surface area contributed by atoms with Crippen molar-refractivity contribution in [1.29, 1.82) is 0 Å². The summed E-state index contributed by atoms with van der Waals surface area (Å²) in [6.45, 7) is 2.16. The van der Waals surface area contributed by atoms with Crippen molar-refractivity contribution in [2.45, 2.75) is 37.9 Å². The highest BCUT2D eigenvalue weighted by Crippen LogP contribution is 2.29. The number of ketones is 1. The van der Waals surface area contributed by atoms with E-state index in [1.807, 2.05) is 30.3 Å². The molecule has 2 heteroatoms. The second kappa shape index (κ2) is 8.14. The van der Waals surface area contributed by atoms with Crippen LogP contribution in [-0.2, 0) is 5.33 Å². The Kier molecular flexibility index (Phi) is 6.19. The molecule has 0 atom stereocenters. The number of carbonyl (C=O) groups excluding carboxylic acids is 1. The van der Waals surface area contributed by atoms with E-state index in [2.05, 4.69) is 41.1 Å². The van der Waals surface area contributed by atoms with Crippen LogP contribution in [0.3, 0.4) is 0 Å². The molecule has 0 unspecified atom stereocenters. The monoisotopic (exact) mass is 344 g/mol. The van der Waals surface area contributed by atoms with Crippen molar-refractivity contribution in [2.24, 2.45) is 0 Å². The summed E-state index contributed by atoms with van der Waals surface area (Å²) in [6.07, 6.45) is 3.87. The van der Waals surface area contributed by atoms with E-state index in [4.69, 9.17) is 0 Å². The van der Waals surface area contributed by atoms with E-state index >= 15 is 0 Å². The van der Waals surface area contributed by atoms with Crippen LogP contribution >= 0.6 is 15.9 Å². The summed E-state index contributed by atoms with van der Waals surface area (Å²) in [5.74, 6) is 0.253. The lowest BCUT2D eigenvalue weighted by atomic mass is 9.92. The Bertz CT molecular complexity index is 604. The van der Waals surface area contributed by atoms with Crippen LogP contribution in [0.15, 0.2) is 48.5 Å². The molecular weight excluding hydrogens is 324 g/mol. The number of Topliss-reactive ketones (excluding diaryl/α,β-unsaturated/α-hetero) is 1. The minimum Gasteiger partial charge on any atom is -0.294 e. The summed E-state index contributed by atoms with van der Waals surface area (Å²) >= 11 is 3.53. The highest BCUT2D eigenvalue weighted by atomic mass is 79.9. The molecule has 0 saturated carbocycles. The van der Waals surface area contributed by atoms with Crippen molar-refractivity contribution in [2.75, 3.05) is 0 Å². The van der Waals surface area contributed by atoms with Crippen molar-refractivity contribution in [3.8, 4) is 11.1 Å². The van der Waals surface area contributed by atoms with Gasteiger partial charge in [-0.2, -0.15) is 0 Å². The van der Waals surface area contributed by atoms with Crippen LogP contribution in [0.1, 0.15) is 48.5 Å². The molecule has 2 aromatic rings.